The number of halogens is 1. The van der Waals surface area contributed by atoms with E-state index >= 15 is 0 Å². The molecule has 1 fully saturated rings. The van der Waals surface area contributed by atoms with Gasteiger partial charge in [0.25, 0.3) is 0 Å². The van der Waals surface area contributed by atoms with E-state index in [2.05, 4.69) is 44.3 Å². The fourth-order valence-corrected chi connectivity index (χ4v) is 6.82. The zero-order valence-electron chi connectivity index (χ0n) is 14.2. The molecule has 0 aromatic heterocycles. The zero-order chi connectivity index (χ0) is 18.0. The Hall–Kier alpha value is -0.570. The lowest BCUT2D eigenvalue weighted by atomic mass is 10.0. The lowest BCUT2D eigenvalue weighted by Crippen LogP contribution is -2.39. The summed E-state index contributed by atoms with van der Waals surface area (Å²) in [6, 6.07) is 6.55. The maximum Gasteiger partial charge on any atom is 0.234 e. The molecule has 25 heavy (non-hydrogen) atoms. The van der Waals surface area contributed by atoms with Crippen molar-refractivity contribution in [1.82, 2.24) is 10.2 Å². The fraction of sp³-hybridized carbons (Fsp3) is 0.588. The number of benzene rings is 1. The minimum atomic E-state index is -2.89. The molecule has 2 aliphatic heterocycles. The van der Waals surface area contributed by atoms with Gasteiger partial charge < -0.3 is 5.32 Å². The second kappa shape index (κ2) is 7.98. The number of rotatable bonds is 5. The van der Waals surface area contributed by atoms with E-state index in [0.717, 1.165) is 16.6 Å². The summed E-state index contributed by atoms with van der Waals surface area (Å²) in [5.74, 6) is 1.51. The monoisotopic (exact) mass is 446 g/mol. The normalized spacial score (nSPS) is 24.9. The number of nitrogens with one attached hydrogen (secondary N) is 1. The van der Waals surface area contributed by atoms with Crippen LogP contribution in [0.3, 0.4) is 0 Å². The van der Waals surface area contributed by atoms with Crippen molar-refractivity contribution in [2.45, 2.75) is 23.8 Å². The molecule has 1 amide bonds. The van der Waals surface area contributed by atoms with Crippen molar-refractivity contribution in [3.8, 4) is 0 Å². The number of carbonyl (C=O) groups excluding carboxylic acids is 1. The van der Waals surface area contributed by atoms with Gasteiger partial charge in [-0.2, -0.15) is 0 Å². The highest BCUT2D eigenvalue weighted by atomic mass is 79.9. The van der Waals surface area contributed by atoms with Gasteiger partial charge >= 0.3 is 0 Å². The molecule has 0 spiro atoms. The number of fused-ring (bicyclic) bond motifs is 1. The molecule has 0 aliphatic carbocycles. The predicted molar refractivity (Wildman–Crippen MR) is 105 cm³/mol. The maximum absolute atomic E-state index is 12.3. The second-order valence-electron chi connectivity index (χ2n) is 6.82. The van der Waals surface area contributed by atoms with Crippen LogP contribution in [-0.4, -0.2) is 56.6 Å². The fourth-order valence-electron chi connectivity index (χ4n) is 3.49. The van der Waals surface area contributed by atoms with Crippen LogP contribution in [0.4, 0.5) is 0 Å². The Kier molecular flexibility index (Phi) is 6.13. The van der Waals surface area contributed by atoms with Gasteiger partial charge in [-0.15, -0.1) is 11.8 Å². The third-order valence-corrected chi connectivity index (χ3v) is 8.27. The van der Waals surface area contributed by atoms with Crippen molar-refractivity contribution < 1.29 is 13.2 Å². The number of hydrogen-bond donors (Lipinski definition) is 1. The standard InChI is InChI=1S/C17H23BrN2O3S2/c1-20(10-17(21)19-9-12-5-7-25(22,23)11-12)15-4-6-24-16-3-2-13(18)8-14(15)16/h2-3,8,12,15H,4-7,9-11H2,1H3,(H,19,21). The van der Waals surface area contributed by atoms with Crippen molar-refractivity contribution in [2.75, 3.05) is 37.4 Å². The van der Waals surface area contributed by atoms with Gasteiger partial charge in [0.1, 0.15) is 0 Å². The molecule has 0 bridgehead atoms. The number of thioether (sulfide) groups is 1. The maximum atomic E-state index is 12.3. The molecule has 0 saturated carbocycles. The molecule has 3 rings (SSSR count). The van der Waals surface area contributed by atoms with E-state index in [1.807, 2.05) is 18.8 Å². The topological polar surface area (TPSA) is 66.5 Å². The van der Waals surface area contributed by atoms with Crippen LogP contribution in [0.5, 0.6) is 0 Å². The van der Waals surface area contributed by atoms with Crippen molar-refractivity contribution in [3.63, 3.8) is 0 Å². The molecule has 138 valence electrons. The summed E-state index contributed by atoms with van der Waals surface area (Å²) in [6.45, 7) is 0.773. The molecular formula is C17H23BrN2O3S2. The third kappa shape index (κ3) is 4.99. The Balaban J connectivity index is 1.55. The van der Waals surface area contributed by atoms with Crippen LogP contribution < -0.4 is 5.32 Å². The zero-order valence-corrected chi connectivity index (χ0v) is 17.4. The highest BCUT2D eigenvalue weighted by Crippen LogP contribution is 2.40. The highest BCUT2D eigenvalue weighted by Gasteiger charge is 2.29. The van der Waals surface area contributed by atoms with Crippen LogP contribution >= 0.6 is 27.7 Å². The van der Waals surface area contributed by atoms with Gasteiger partial charge in [0, 0.05) is 22.0 Å². The first-order chi connectivity index (χ1) is 11.8. The summed E-state index contributed by atoms with van der Waals surface area (Å²) in [6.07, 6.45) is 1.67. The first-order valence-electron chi connectivity index (χ1n) is 8.44. The number of nitrogens with zero attached hydrogens (tertiary/aromatic N) is 1. The first-order valence-corrected chi connectivity index (χ1v) is 12.0. The number of amides is 1. The molecule has 2 aliphatic rings. The minimum absolute atomic E-state index is 0.0402. The van der Waals surface area contributed by atoms with Crippen molar-refractivity contribution in [2.24, 2.45) is 5.92 Å². The summed E-state index contributed by atoms with van der Waals surface area (Å²) in [4.78, 5) is 15.6. The Morgan fingerprint density at radius 3 is 2.92 bits per heavy atom. The smallest absolute Gasteiger partial charge is 0.234 e. The minimum Gasteiger partial charge on any atom is -0.355 e. The van der Waals surface area contributed by atoms with E-state index in [-0.39, 0.29) is 29.4 Å². The molecule has 1 aromatic rings. The Morgan fingerprint density at radius 1 is 1.40 bits per heavy atom. The Labute approximate surface area is 162 Å². The molecular weight excluding hydrogens is 424 g/mol. The lowest BCUT2D eigenvalue weighted by Gasteiger charge is -2.32. The third-order valence-electron chi connectivity index (χ3n) is 4.82. The number of hydrogen-bond acceptors (Lipinski definition) is 5. The van der Waals surface area contributed by atoms with Crippen molar-refractivity contribution >= 4 is 43.4 Å². The van der Waals surface area contributed by atoms with Gasteiger partial charge in [0.15, 0.2) is 9.84 Å². The van der Waals surface area contributed by atoms with E-state index in [4.69, 9.17) is 0 Å². The molecule has 1 N–H and O–H groups in total. The van der Waals surface area contributed by atoms with Gasteiger partial charge in [-0.25, -0.2) is 8.42 Å². The Bertz CT molecular complexity index is 754. The summed E-state index contributed by atoms with van der Waals surface area (Å²) >= 11 is 5.39. The summed E-state index contributed by atoms with van der Waals surface area (Å²) in [5.41, 5.74) is 1.27. The highest BCUT2D eigenvalue weighted by molar-refractivity contribution is 9.10. The number of sulfone groups is 1. The summed E-state index contributed by atoms with van der Waals surface area (Å²) in [7, 11) is -0.912. The van der Waals surface area contributed by atoms with Gasteiger partial charge in [0.2, 0.25) is 5.91 Å². The van der Waals surface area contributed by atoms with Crippen LogP contribution in [0.2, 0.25) is 0 Å². The quantitative estimate of drug-likeness (QED) is 0.752. The van der Waals surface area contributed by atoms with Crippen LogP contribution in [0.1, 0.15) is 24.4 Å². The van der Waals surface area contributed by atoms with Gasteiger partial charge in [-0.05, 0) is 55.3 Å². The van der Waals surface area contributed by atoms with E-state index in [0.29, 0.717) is 19.5 Å². The van der Waals surface area contributed by atoms with Crippen LogP contribution in [0.25, 0.3) is 0 Å². The molecule has 1 saturated heterocycles. The Morgan fingerprint density at radius 2 is 2.20 bits per heavy atom. The summed E-state index contributed by atoms with van der Waals surface area (Å²) in [5, 5.41) is 2.91. The van der Waals surface area contributed by atoms with Crippen LogP contribution in [0.15, 0.2) is 27.6 Å². The van der Waals surface area contributed by atoms with E-state index in [9.17, 15) is 13.2 Å². The average molecular weight is 447 g/mol. The predicted octanol–water partition coefficient (Wildman–Crippen LogP) is 2.47. The van der Waals surface area contributed by atoms with Gasteiger partial charge in [-0.1, -0.05) is 15.9 Å². The largest absolute Gasteiger partial charge is 0.355 e. The summed E-state index contributed by atoms with van der Waals surface area (Å²) < 4.78 is 24.0. The molecule has 2 unspecified atom stereocenters. The molecule has 2 atom stereocenters. The molecule has 5 nitrogen and oxygen atoms in total. The second-order valence-corrected chi connectivity index (χ2v) is 11.1. The van der Waals surface area contributed by atoms with Crippen molar-refractivity contribution in [1.29, 1.82) is 0 Å². The van der Waals surface area contributed by atoms with Gasteiger partial charge in [0.05, 0.1) is 18.1 Å². The average Bonchev–Trinajstić information content (AvgIpc) is 2.91. The SMILES string of the molecule is CN(CC(=O)NCC1CCS(=O)(=O)C1)C1CCSc2ccc(Br)cc21. The molecule has 2 heterocycles. The lowest BCUT2D eigenvalue weighted by molar-refractivity contribution is -0.122. The van der Waals surface area contributed by atoms with Crippen molar-refractivity contribution in [3.05, 3.63) is 28.2 Å². The molecule has 0 radical (unpaired) electrons. The van der Waals surface area contributed by atoms with E-state index < -0.39 is 9.84 Å². The van der Waals surface area contributed by atoms with Crippen LogP contribution in [-0.2, 0) is 14.6 Å². The first kappa shape index (κ1) is 19.2. The molecule has 8 heteroatoms. The molecule has 1 aromatic carbocycles. The van der Waals surface area contributed by atoms with E-state index in [1.54, 1.807) is 0 Å². The van der Waals surface area contributed by atoms with E-state index in [1.165, 1.54) is 10.5 Å². The number of likely N-dealkylation sites (N-methyl/N-ethyl adjacent to an activating group) is 1. The number of carbonyl (C=O) groups is 1. The van der Waals surface area contributed by atoms with Crippen LogP contribution in [0, 0.1) is 5.92 Å². The van der Waals surface area contributed by atoms with Gasteiger partial charge in [-0.3, -0.25) is 9.69 Å².